The van der Waals surface area contributed by atoms with Crippen molar-refractivity contribution >= 4 is 17.4 Å². The lowest BCUT2D eigenvalue weighted by atomic mass is 10.0. The van der Waals surface area contributed by atoms with Gasteiger partial charge in [0.05, 0.1) is 22.3 Å². The molecule has 3 rings (SSSR count). The molecule has 0 aliphatic heterocycles. The molecule has 1 heterocycles. The van der Waals surface area contributed by atoms with Gasteiger partial charge in [-0.1, -0.05) is 16.8 Å². The van der Waals surface area contributed by atoms with E-state index in [2.05, 4.69) is 5.16 Å². The van der Waals surface area contributed by atoms with Gasteiger partial charge in [-0.3, -0.25) is 4.79 Å². The molecule has 0 N–H and O–H groups in total. The van der Waals surface area contributed by atoms with Crippen LogP contribution in [0.1, 0.15) is 46.0 Å². The molecule has 0 amide bonds. The molecule has 3 nitrogen and oxygen atoms in total. The SMILES string of the molecule is O=C(c1ccc(C(F)(F)F)cc1Cl)c1cnoc1C1CC1. The molecule has 1 saturated carbocycles. The van der Waals surface area contributed by atoms with Crippen LogP contribution in [-0.2, 0) is 6.18 Å². The van der Waals surface area contributed by atoms with Crippen LogP contribution in [0.2, 0.25) is 5.02 Å². The first kappa shape index (κ1) is 14.1. The van der Waals surface area contributed by atoms with Crippen molar-refractivity contribution in [2.45, 2.75) is 24.9 Å². The van der Waals surface area contributed by atoms with Gasteiger partial charge in [-0.25, -0.2) is 0 Å². The maximum Gasteiger partial charge on any atom is 0.416 e. The van der Waals surface area contributed by atoms with Crippen LogP contribution in [-0.4, -0.2) is 10.9 Å². The van der Waals surface area contributed by atoms with E-state index in [1.807, 2.05) is 0 Å². The van der Waals surface area contributed by atoms with Crippen LogP contribution >= 0.6 is 11.6 Å². The Morgan fingerprint density at radius 3 is 2.57 bits per heavy atom. The van der Waals surface area contributed by atoms with Crippen molar-refractivity contribution in [3.63, 3.8) is 0 Å². The predicted octanol–water partition coefficient (Wildman–Crippen LogP) is 4.46. The molecule has 0 radical (unpaired) electrons. The molecule has 0 atom stereocenters. The van der Waals surface area contributed by atoms with Crippen LogP contribution < -0.4 is 0 Å². The lowest BCUT2D eigenvalue weighted by molar-refractivity contribution is -0.137. The Kier molecular flexibility index (Phi) is 3.28. The number of halogens is 4. The van der Waals surface area contributed by atoms with Gasteiger partial charge in [-0.05, 0) is 31.0 Å². The molecule has 21 heavy (non-hydrogen) atoms. The van der Waals surface area contributed by atoms with E-state index in [-0.39, 0.29) is 22.1 Å². The van der Waals surface area contributed by atoms with Crippen molar-refractivity contribution in [2.24, 2.45) is 0 Å². The second-order valence-electron chi connectivity index (χ2n) is 4.90. The Bertz CT molecular complexity index is 704. The van der Waals surface area contributed by atoms with Crippen molar-refractivity contribution in [1.29, 1.82) is 0 Å². The van der Waals surface area contributed by atoms with E-state index >= 15 is 0 Å². The number of carbonyl (C=O) groups excluding carboxylic acids is 1. The third kappa shape index (κ3) is 2.68. The van der Waals surface area contributed by atoms with Gasteiger partial charge >= 0.3 is 6.18 Å². The van der Waals surface area contributed by atoms with E-state index in [0.717, 1.165) is 31.0 Å². The molecule has 110 valence electrons. The summed E-state index contributed by atoms with van der Waals surface area (Å²) >= 11 is 5.82. The summed E-state index contributed by atoms with van der Waals surface area (Å²) in [7, 11) is 0. The summed E-state index contributed by atoms with van der Waals surface area (Å²) in [6.07, 6.45) is -1.39. The third-order valence-corrected chi connectivity index (χ3v) is 3.64. The van der Waals surface area contributed by atoms with Crippen LogP contribution in [0.3, 0.4) is 0 Å². The fourth-order valence-electron chi connectivity index (χ4n) is 2.08. The quantitative estimate of drug-likeness (QED) is 0.786. The number of ketones is 1. The molecule has 0 saturated heterocycles. The van der Waals surface area contributed by atoms with Crippen LogP contribution in [0.25, 0.3) is 0 Å². The number of benzene rings is 1. The van der Waals surface area contributed by atoms with Crippen LogP contribution in [0.4, 0.5) is 13.2 Å². The van der Waals surface area contributed by atoms with E-state index in [4.69, 9.17) is 16.1 Å². The fraction of sp³-hybridized carbons (Fsp3) is 0.286. The first-order valence-corrected chi connectivity index (χ1v) is 6.61. The van der Waals surface area contributed by atoms with Gasteiger partial charge < -0.3 is 4.52 Å². The van der Waals surface area contributed by atoms with Crippen LogP contribution in [0, 0.1) is 0 Å². The summed E-state index contributed by atoms with van der Waals surface area (Å²) in [4.78, 5) is 12.4. The Hall–Kier alpha value is -1.82. The van der Waals surface area contributed by atoms with Crippen molar-refractivity contribution in [2.75, 3.05) is 0 Å². The summed E-state index contributed by atoms with van der Waals surface area (Å²) in [6.45, 7) is 0. The fourth-order valence-corrected chi connectivity index (χ4v) is 2.35. The average Bonchev–Trinajstić information content (AvgIpc) is 3.14. The summed E-state index contributed by atoms with van der Waals surface area (Å²) in [6, 6.07) is 2.67. The monoisotopic (exact) mass is 315 g/mol. The Morgan fingerprint density at radius 1 is 1.29 bits per heavy atom. The minimum absolute atomic E-state index is 0.00904. The third-order valence-electron chi connectivity index (χ3n) is 3.33. The molecule has 7 heteroatoms. The van der Waals surface area contributed by atoms with E-state index in [1.165, 1.54) is 6.20 Å². The molecular weight excluding hydrogens is 307 g/mol. The smallest absolute Gasteiger partial charge is 0.360 e. The predicted molar refractivity (Wildman–Crippen MR) is 68.4 cm³/mol. The van der Waals surface area contributed by atoms with E-state index in [0.29, 0.717) is 5.76 Å². The van der Waals surface area contributed by atoms with Gasteiger partial charge in [0, 0.05) is 11.5 Å². The molecule has 1 aliphatic carbocycles. The zero-order valence-corrected chi connectivity index (χ0v) is 11.3. The molecule has 2 aromatic rings. The summed E-state index contributed by atoms with van der Waals surface area (Å²) in [5, 5.41) is 3.36. The highest BCUT2D eigenvalue weighted by Crippen LogP contribution is 2.42. The number of rotatable bonds is 3. The number of hydrogen-bond acceptors (Lipinski definition) is 3. The van der Waals surface area contributed by atoms with E-state index < -0.39 is 17.5 Å². The molecular formula is C14H9ClF3NO2. The first-order valence-electron chi connectivity index (χ1n) is 6.24. The largest absolute Gasteiger partial charge is 0.416 e. The van der Waals surface area contributed by atoms with Crippen molar-refractivity contribution in [3.05, 3.63) is 51.9 Å². The average molecular weight is 316 g/mol. The number of nitrogens with zero attached hydrogens (tertiary/aromatic N) is 1. The van der Waals surface area contributed by atoms with Gasteiger partial charge in [0.1, 0.15) is 0 Å². The zero-order valence-electron chi connectivity index (χ0n) is 10.6. The minimum Gasteiger partial charge on any atom is -0.360 e. The second kappa shape index (κ2) is 4.87. The number of carbonyl (C=O) groups is 1. The molecule has 1 fully saturated rings. The lowest BCUT2D eigenvalue weighted by Crippen LogP contribution is -2.08. The summed E-state index contributed by atoms with van der Waals surface area (Å²) in [5.41, 5.74) is -0.620. The van der Waals surface area contributed by atoms with Gasteiger partial charge in [-0.15, -0.1) is 0 Å². The first-order chi connectivity index (χ1) is 9.88. The molecule has 0 bridgehead atoms. The Balaban J connectivity index is 1.96. The Labute approximate surface area is 122 Å². The minimum atomic E-state index is -4.50. The summed E-state index contributed by atoms with van der Waals surface area (Å²) < 4.78 is 42.8. The highest BCUT2D eigenvalue weighted by atomic mass is 35.5. The van der Waals surface area contributed by atoms with Crippen molar-refractivity contribution in [1.82, 2.24) is 5.16 Å². The molecule has 0 spiro atoms. The number of alkyl halides is 3. The van der Waals surface area contributed by atoms with Crippen LogP contribution in [0.5, 0.6) is 0 Å². The highest BCUT2D eigenvalue weighted by molar-refractivity contribution is 6.35. The molecule has 1 aromatic heterocycles. The van der Waals surface area contributed by atoms with Gasteiger partial charge in [-0.2, -0.15) is 13.2 Å². The number of hydrogen-bond donors (Lipinski definition) is 0. The standard InChI is InChI=1S/C14H9ClF3NO2/c15-11-5-8(14(16,17)18)3-4-9(11)12(20)10-6-19-21-13(10)7-1-2-7/h3-7H,1-2H2. The topological polar surface area (TPSA) is 43.1 Å². The zero-order chi connectivity index (χ0) is 15.2. The Morgan fingerprint density at radius 2 is 2.00 bits per heavy atom. The maximum absolute atomic E-state index is 12.6. The lowest BCUT2D eigenvalue weighted by Gasteiger charge is -2.09. The number of aromatic nitrogens is 1. The van der Waals surface area contributed by atoms with Gasteiger partial charge in [0.15, 0.2) is 11.5 Å². The maximum atomic E-state index is 12.6. The molecule has 0 unspecified atom stereocenters. The second-order valence-corrected chi connectivity index (χ2v) is 5.31. The molecule has 1 aliphatic rings. The van der Waals surface area contributed by atoms with Crippen LogP contribution in [0.15, 0.2) is 28.9 Å². The molecule has 1 aromatic carbocycles. The van der Waals surface area contributed by atoms with E-state index in [1.54, 1.807) is 0 Å². The van der Waals surface area contributed by atoms with E-state index in [9.17, 15) is 18.0 Å². The normalized spacial score (nSPS) is 15.2. The highest BCUT2D eigenvalue weighted by Gasteiger charge is 2.34. The summed E-state index contributed by atoms with van der Waals surface area (Å²) in [5.74, 6) is 0.174. The van der Waals surface area contributed by atoms with Gasteiger partial charge in [0.2, 0.25) is 0 Å². The van der Waals surface area contributed by atoms with Crippen molar-refractivity contribution in [3.8, 4) is 0 Å². The van der Waals surface area contributed by atoms with Gasteiger partial charge in [0.25, 0.3) is 0 Å². The van der Waals surface area contributed by atoms with Crippen molar-refractivity contribution < 1.29 is 22.5 Å².